The first kappa shape index (κ1) is 15.4. The number of halogens is 1. The molecule has 0 aliphatic rings. The molecule has 21 heavy (non-hydrogen) atoms. The molecule has 5 nitrogen and oxygen atoms in total. The molecule has 2 rings (SSSR count). The number of anilines is 1. The fourth-order valence-electron chi connectivity index (χ4n) is 2.08. The Hall–Kier alpha value is -2.01. The molecule has 1 N–H and O–H groups in total. The van der Waals surface area contributed by atoms with E-state index in [2.05, 4.69) is 10.4 Å². The van der Waals surface area contributed by atoms with Gasteiger partial charge in [-0.2, -0.15) is 5.10 Å². The zero-order valence-corrected chi connectivity index (χ0v) is 13.1. The Labute approximate surface area is 128 Å². The van der Waals surface area contributed by atoms with Crippen molar-refractivity contribution in [3.63, 3.8) is 0 Å². The molecule has 0 saturated heterocycles. The second-order valence-electron chi connectivity index (χ2n) is 4.80. The summed E-state index contributed by atoms with van der Waals surface area (Å²) in [4.78, 5) is 11.9. The van der Waals surface area contributed by atoms with Crippen LogP contribution in [0.5, 0.6) is 5.75 Å². The van der Waals surface area contributed by atoms with Crippen LogP contribution in [0.1, 0.15) is 17.8 Å². The van der Waals surface area contributed by atoms with E-state index in [9.17, 15) is 4.79 Å². The average molecular weight is 308 g/mol. The second-order valence-corrected chi connectivity index (χ2v) is 5.20. The maximum absolute atomic E-state index is 11.9. The van der Waals surface area contributed by atoms with E-state index in [4.69, 9.17) is 16.3 Å². The molecule has 0 unspecified atom stereocenters. The topological polar surface area (TPSA) is 56.1 Å². The Morgan fingerprint density at radius 1 is 1.38 bits per heavy atom. The highest BCUT2D eigenvalue weighted by Gasteiger charge is 2.07. The summed E-state index contributed by atoms with van der Waals surface area (Å²) < 4.78 is 6.90. The van der Waals surface area contributed by atoms with Crippen molar-refractivity contribution in [3.05, 3.63) is 40.7 Å². The number of aryl methyl sites for hydroxylation is 3. The van der Waals surface area contributed by atoms with Crippen molar-refractivity contribution < 1.29 is 9.53 Å². The van der Waals surface area contributed by atoms with E-state index in [-0.39, 0.29) is 5.91 Å². The lowest BCUT2D eigenvalue weighted by Crippen LogP contribution is -2.15. The molecular weight excluding hydrogens is 290 g/mol. The molecule has 6 heteroatoms. The maximum Gasteiger partial charge on any atom is 0.226 e. The van der Waals surface area contributed by atoms with E-state index in [0.29, 0.717) is 29.4 Å². The summed E-state index contributed by atoms with van der Waals surface area (Å²) in [6.07, 6.45) is 0.353. The van der Waals surface area contributed by atoms with Crippen LogP contribution in [0.3, 0.4) is 0 Å². The number of hydrogen-bond acceptors (Lipinski definition) is 3. The van der Waals surface area contributed by atoms with Crippen molar-refractivity contribution in [2.75, 3.05) is 12.4 Å². The van der Waals surface area contributed by atoms with Gasteiger partial charge in [-0.1, -0.05) is 11.6 Å². The molecule has 1 amide bonds. The molecule has 0 saturated carbocycles. The van der Waals surface area contributed by atoms with Gasteiger partial charge in [0.1, 0.15) is 5.75 Å². The summed E-state index contributed by atoms with van der Waals surface area (Å²) in [6, 6.07) is 7.13. The lowest BCUT2D eigenvalue weighted by molar-refractivity contribution is -0.116. The molecule has 0 aliphatic heterocycles. The van der Waals surface area contributed by atoms with Crippen molar-refractivity contribution in [1.29, 1.82) is 0 Å². The first-order valence-corrected chi connectivity index (χ1v) is 7.02. The molecule has 0 aliphatic carbocycles. The van der Waals surface area contributed by atoms with E-state index in [1.807, 2.05) is 24.6 Å². The predicted molar refractivity (Wildman–Crippen MR) is 83.0 cm³/mol. The minimum absolute atomic E-state index is 0.0798. The summed E-state index contributed by atoms with van der Waals surface area (Å²) >= 11 is 6.02. The van der Waals surface area contributed by atoms with E-state index < -0.39 is 0 Å². The molecule has 0 radical (unpaired) electrons. The SMILES string of the molecule is COc1ccc(NC(=O)CCn2nc(C)cc2C)cc1Cl. The van der Waals surface area contributed by atoms with Crippen molar-refractivity contribution in [3.8, 4) is 5.75 Å². The lowest BCUT2D eigenvalue weighted by Gasteiger charge is -2.08. The molecule has 0 atom stereocenters. The summed E-state index contributed by atoms with van der Waals surface area (Å²) in [5.74, 6) is 0.501. The summed E-state index contributed by atoms with van der Waals surface area (Å²) in [7, 11) is 1.55. The molecule has 1 aromatic carbocycles. The van der Waals surface area contributed by atoms with E-state index >= 15 is 0 Å². The molecule has 2 aromatic rings. The van der Waals surface area contributed by atoms with Crippen molar-refractivity contribution in [1.82, 2.24) is 9.78 Å². The number of nitrogens with one attached hydrogen (secondary N) is 1. The number of carbonyl (C=O) groups is 1. The fraction of sp³-hybridized carbons (Fsp3) is 0.333. The smallest absolute Gasteiger partial charge is 0.226 e. The number of ether oxygens (including phenoxy) is 1. The van der Waals surface area contributed by atoms with Gasteiger partial charge in [-0.3, -0.25) is 9.48 Å². The van der Waals surface area contributed by atoms with Gasteiger partial charge in [-0.05, 0) is 38.1 Å². The summed E-state index contributed by atoms with van der Waals surface area (Å²) in [5.41, 5.74) is 2.65. The third-order valence-electron chi connectivity index (χ3n) is 3.09. The summed E-state index contributed by atoms with van der Waals surface area (Å²) in [6.45, 7) is 4.46. The Kier molecular flexibility index (Phi) is 4.85. The highest BCUT2D eigenvalue weighted by molar-refractivity contribution is 6.32. The van der Waals surface area contributed by atoms with E-state index in [1.54, 1.807) is 25.3 Å². The second kappa shape index (κ2) is 6.63. The third-order valence-corrected chi connectivity index (χ3v) is 3.38. The minimum atomic E-state index is -0.0798. The Balaban J connectivity index is 1.93. The lowest BCUT2D eigenvalue weighted by atomic mass is 10.3. The van der Waals surface area contributed by atoms with Gasteiger partial charge in [0.2, 0.25) is 5.91 Å². The molecule has 0 bridgehead atoms. The minimum Gasteiger partial charge on any atom is -0.495 e. The number of benzene rings is 1. The molecule has 1 heterocycles. The van der Waals surface area contributed by atoms with Crippen LogP contribution in [0.2, 0.25) is 5.02 Å². The van der Waals surface area contributed by atoms with Crippen LogP contribution in [0.25, 0.3) is 0 Å². The quantitative estimate of drug-likeness (QED) is 0.923. The number of aromatic nitrogens is 2. The highest BCUT2D eigenvalue weighted by atomic mass is 35.5. The van der Waals surface area contributed by atoms with Gasteiger partial charge in [0.15, 0.2) is 0 Å². The number of amides is 1. The van der Waals surface area contributed by atoms with E-state index in [0.717, 1.165) is 11.4 Å². The Morgan fingerprint density at radius 2 is 2.14 bits per heavy atom. The van der Waals surface area contributed by atoms with Crippen LogP contribution in [0.4, 0.5) is 5.69 Å². The molecule has 0 spiro atoms. The number of methoxy groups -OCH3 is 1. The first-order valence-electron chi connectivity index (χ1n) is 6.64. The van der Waals surface area contributed by atoms with Crippen LogP contribution >= 0.6 is 11.6 Å². The molecule has 112 valence electrons. The fourth-order valence-corrected chi connectivity index (χ4v) is 2.33. The molecular formula is C15H18ClN3O2. The standard InChI is InChI=1S/C15H18ClN3O2/c1-10-8-11(2)19(18-10)7-6-15(20)17-12-4-5-14(21-3)13(16)9-12/h4-5,8-9H,6-7H2,1-3H3,(H,17,20). The number of nitrogens with zero attached hydrogens (tertiary/aromatic N) is 2. The van der Waals surface area contributed by atoms with Crippen molar-refractivity contribution in [2.45, 2.75) is 26.8 Å². The number of rotatable bonds is 5. The molecule has 0 fully saturated rings. The normalized spacial score (nSPS) is 10.5. The zero-order valence-electron chi connectivity index (χ0n) is 12.3. The predicted octanol–water partition coefficient (Wildman–Crippen LogP) is 3.19. The van der Waals surface area contributed by atoms with Crippen molar-refractivity contribution in [2.24, 2.45) is 0 Å². The third kappa shape index (κ3) is 3.98. The van der Waals surface area contributed by atoms with Gasteiger partial charge in [-0.15, -0.1) is 0 Å². The Morgan fingerprint density at radius 3 is 2.71 bits per heavy atom. The molecule has 1 aromatic heterocycles. The monoisotopic (exact) mass is 307 g/mol. The summed E-state index contributed by atoms with van der Waals surface area (Å²) in [5, 5.41) is 7.60. The number of hydrogen-bond donors (Lipinski definition) is 1. The van der Waals surface area contributed by atoms with Crippen LogP contribution < -0.4 is 10.1 Å². The Bertz CT molecular complexity index is 652. The largest absolute Gasteiger partial charge is 0.495 e. The maximum atomic E-state index is 11.9. The van der Waals surface area contributed by atoms with Gasteiger partial charge in [0.25, 0.3) is 0 Å². The van der Waals surface area contributed by atoms with Gasteiger partial charge in [-0.25, -0.2) is 0 Å². The van der Waals surface area contributed by atoms with E-state index in [1.165, 1.54) is 0 Å². The average Bonchev–Trinajstić information content (AvgIpc) is 2.75. The van der Waals surface area contributed by atoms with Crippen LogP contribution in [0.15, 0.2) is 24.3 Å². The van der Waals surface area contributed by atoms with Gasteiger partial charge in [0.05, 0.1) is 17.8 Å². The van der Waals surface area contributed by atoms with Gasteiger partial charge in [0, 0.05) is 24.3 Å². The van der Waals surface area contributed by atoms with Gasteiger partial charge < -0.3 is 10.1 Å². The first-order chi connectivity index (χ1) is 9.99. The number of carbonyl (C=O) groups excluding carboxylic acids is 1. The van der Waals surface area contributed by atoms with Crippen LogP contribution in [0, 0.1) is 13.8 Å². The van der Waals surface area contributed by atoms with Crippen LogP contribution in [-0.4, -0.2) is 22.8 Å². The highest BCUT2D eigenvalue weighted by Crippen LogP contribution is 2.27. The van der Waals surface area contributed by atoms with Gasteiger partial charge >= 0.3 is 0 Å². The van der Waals surface area contributed by atoms with Crippen LogP contribution in [-0.2, 0) is 11.3 Å². The van der Waals surface area contributed by atoms with Crippen molar-refractivity contribution >= 4 is 23.2 Å². The zero-order chi connectivity index (χ0) is 15.4.